The van der Waals surface area contributed by atoms with Gasteiger partial charge in [-0.2, -0.15) is 5.10 Å². The normalized spacial score (nSPS) is 20.6. The van der Waals surface area contributed by atoms with Crippen molar-refractivity contribution < 1.29 is 4.74 Å². The Bertz CT molecular complexity index is 443. The summed E-state index contributed by atoms with van der Waals surface area (Å²) >= 11 is 0. The van der Waals surface area contributed by atoms with Crippen LogP contribution in [0.25, 0.3) is 5.70 Å². The molecule has 0 spiro atoms. The maximum absolute atomic E-state index is 5.35. The lowest BCUT2D eigenvalue weighted by Gasteiger charge is -2.24. The predicted octanol–water partition coefficient (Wildman–Crippen LogP) is 1.47. The highest BCUT2D eigenvalue weighted by Crippen LogP contribution is 2.32. The van der Waals surface area contributed by atoms with Crippen molar-refractivity contribution in [1.82, 2.24) is 15.1 Å². The number of hydrogen-bond donors (Lipinski definition) is 1. The fourth-order valence-corrected chi connectivity index (χ4v) is 2.14. The van der Waals surface area contributed by atoms with Gasteiger partial charge in [0.15, 0.2) is 5.82 Å². The number of rotatable bonds is 1. The Balaban J connectivity index is 1.97. The average Bonchev–Trinajstić information content (AvgIpc) is 2.75. The van der Waals surface area contributed by atoms with E-state index in [0.29, 0.717) is 6.04 Å². The zero-order valence-corrected chi connectivity index (χ0v) is 9.02. The third-order valence-electron chi connectivity index (χ3n) is 3.06. The largest absolute Gasteiger partial charge is 0.381 e. The minimum absolute atomic E-state index is 0.403. The van der Waals surface area contributed by atoms with Crippen LogP contribution in [0.4, 0.5) is 5.82 Å². The molecule has 0 aliphatic carbocycles. The van der Waals surface area contributed by atoms with Gasteiger partial charge in [-0.05, 0) is 12.8 Å². The van der Waals surface area contributed by atoms with E-state index >= 15 is 0 Å². The molecule has 0 saturated carbocycles. The van der Waals surface area contributed by atoms with Gasteiger partial charge >= 0.3 is 0 Å². The van der Waals surface area contributed by atoms with Crippen molar-refractivity contribution in [3.8, 4) is 0 Å². The van der Waals surface area contributed by atoms with Crippen LogP contribution in [0.2, 0.25) is 0 Å². The fraction of sp³-hybridized carbons (Fsp3) is 0.455. The molecule has 1 aromatic rings. The van der Waals surface area contributed by atoms with E-state index < -0.39 is 0 Å². The summed E-state index contributed by atoms with van der Waals surface area (Å²) in [5, 5.41) is 7.41. The number of aliphatic imine (C=N–C) groups is 1. The monoisotopic (exact) mass is 218 g/mol. The first-order chi connectivity index (χ1) is 7.86. The topological polar surface area (TPSA) is 51.4 Å². The van der Waals surface area contributed by atoms with E-state index in [2.05, 4.69) is 22.0 Å². The summed E-state index contributed by atoms with van der Waals surface area (Å²) in [5.41, 5.74) is 1.86. The van der Waals surface area contributed by atoms with E-state index in [1.54, 1.807) is 6.34 Å². The summed E-state index contributed by atoms with van der Waals surface area (Å²) in [6.45, 7) is 5.55. The molecule has 0 bridgehead atoms. The summed E-state index contributed by atoms with van der Waals surface area (Å²) in [7, 11) is 0. The van der Waals surface area contributed by atoms with Gasteiger partial charge in [-0.25, -0.2) is 9.67 Å². The molecule has 3 rings (SSSR count). The van der Waals surface area contributed by atoms with Crippen molar-refractivity contribution in [1.29, 1.82) is 0 Å². The quantitative estimate of drug-likeness (QED) is 0.776. The van der Waals surface area contributed by atoms with E-state index in [1.807, 2.05) is 10.9 Å². The number of aromatic nitrogens is 2. The van der Waals surface area contributed by atoms with Crippen LogP contribution < -0.4 is 5.32 Å². The molecule has 0 amide bonds. The van der Waals surface area contributed by atoms with Crippen molar-refractivity contribution >= 4 is 17.9 Å². The summed E-state index contributed by atoms with van der Waals surface area (Å²) in [6.07, 6.45) is 5.51. The molecule has 5 nitrogen and oxygen atoms in total. The summed E-state index contributed by atoms with van der Waals surface area (Å²) in [5.74, 6) is 0.913. The highest BCUT2D eigenvalue weighted by Gasteiger charge is 2.22. The van der Waals surface area contributed by atoms with E-state index in [0.717, 1.165) is 43.1 Å². The number of nitrogens with one attached hydrogen (secondary N) is 1. The second-order valence-corrected chi connectivity index (χ2v) is 4.05. The molecule has 1 saturated heterocycles. The van der Waals surface area contributed by atoms with Gasteiger partial charge < -0.3 is 10.1 Å². The van der Waals surface area contributed by atoms with E-state index in [9.17, 15) is 0 Å². The first kappa shape index (κ1) is 9.59. The molecule has 2 aliphatic rings. The Morgan fingerprint density at radius 2 is 2.25 bits per heavy atom. The predicted molar refractivity (Wildman–Crippen MR) is 61.6 cm³/mol. The summed E-state index contributed by atoms with van der Waals surface area (Å²) in [4.78, 5) is 4.34. The highest BCUT2D eigenvalue weighted by molar-refractivity contribution is 5.84. The van der Waals surface area contributed by atoms with Crippen LogP contribution in [0.5, 0.6) is 0 Å². The van der Waals surface area contributed by atoms with Gasteiger partial charge in [-0.1, -0.05) is 6.58 Å². The molecular formula is C11H14N4O. The lowest BCUT2D eigenvalue weighted by Crippen LogP contribution is -2.21. The maximum Gasteiger partial charge on any atom is 0.161 e. The van der Waals surface area contributed by atoms with Crippen molar-refractivity contribution in [2.75, 3.05) is 13.2 Å². The fourth-order valence-electron chi connectivity index (χ4n) is 2.14. The SMILES string of the molecule is C=C1NC=Nc2c1cnn2C1CCOCC1. The zero-order valence-electron chi connectivity index (χ0n) is 9.02. The second-order valence-electron chi connectivity index (χ2n) is 4.05. The van der Waals surface area contributed by atoms with Crippen LogP contribution in [0.1, 0.15) is 24.4 Å². The van der Waals surface area contributed by atoms with Crippen molar-refractivity contribution in [2.45, 2.75) is 18.9 Å². The summed E-state index contributed by atoms with van der Waals surface area (Å²) in [6, 6.07) is 0.403. The van der Waals surface area contributed by atoms with Gasteiger partial charge in [0, 0.05) is 18.9 Å². The third kappa shape index (κ3) is 1.44. The zero-order chi connectivity index (χ0) is 11.0. The number of fused-ring (bicyclic) bond motifs is 1. The van der Waals surface area contributed by atoms with E-state index in [4.69, 9.17) is 4.74 Å². The second kappa shape index (κ2) is 3.75. The third-order valence-corrected chi connectivity index (χ3v) is 3.06. The molecule has 0 aromatic carbocycles. The maximum atomic E-state index is 5.35. The molecule has 16 heavy (non-hydrogen) atoms. The Morgan fingerprint density at radius 1 is 1.44 bits per heavy atom. The molecule has 1 fully saturated rings. The molecule has 0 radical (unpaired) electrons. The van der Waals surface area contributed by atoms with Crippen LogP contribution in [-0.2, 0) is 4.74 Å². The Labute approximate surface area is 93.8 Å². The smallest absolute Gasteiger partial charge is 0.161 e. The van der Waals surface area contributed by atoms with Crippen molar-refractivity contribution in [3.63, 3.8) is 0 Å². The lowest BCUT2D eigenvalue weighted by atomic mass is 10.1. The van der Waals surface area contributed by atoms with Crippen molar-refractivity contribution in [2.24, 2.45) is 4.99 Å². The average molecular weight is 218 g/mol. The summed E-state index contributed by atoms with van der Waals surface area (Å²) < 4.78 is 7.35. The van der Waals surface area contributed by atoms with Crippen LogP contribution >= 0.6 is 0 Å². The molecule has 3 heterocycles. The number of hydrogen-bond acceptors (Lipinski definition) is 4. The standard InChI is InChI=1S/C11H14N4O/c1-8-10-6-14-15(11(10)13-7-12-8)9-2-4-16-5-3-9/h6-7,9H,1-5H2,(H,12,13). The minimum Gasteiger partial charge on any atom is -0.381 e. The Morgan fingerprint density at radius 3 is 3.06 bits per heavy atom. The molecule has 5 heteroatoms. The van der Waals surface area contributed by atoms with Crippen LogP contribution in [0, 0.1) is 0 Å². The molecule has 0 unspecified atom stereocenters. The van der Waals surface area contributed by atoms with Gasteiger partial charge in [-0.15, -0.1) is 0 Å². The van der Waals surface area contributed by atoms with Crippen LogP contribution in [0.3, 0.4) is 0 Å². The van der Waals surface area contributed by atoms with E-state index in [-0.39, 0.29) is 0 Å². The molecule has 1 N–H and O–H groups in total. The Kier molecular flexibility index (Phi) is 2.25. The van der Waals surface area contributed by atoms with Gasteiger partial charge in [0.2, 0.25) is 0 Å². The van der Waals surface area contributed by atoms with Crippen LogP contribution in [-0.4, -0.2) is 29.3 Å². The van der Waals surface area contributed by atoms with Crippen molar-refractivity contribution in [3.05, 3.63) is 18.3 Å². The lowest BCUT2D eigenvalue weighted by molar-refractivity contribution is 0.0667. The van der Waals surface area contributed by atoms with Gasteiger partial charge in [0.1, 0.15) is 0 Å². The first-order valence-electron chi connectivity index (χ1n) is 5.50. The minimum atomic E-state index is 0.403. The number of nitrogens with zero attached hydrogens (tertiary/aromatic N) is 3. The van der Waals surface area contributed by atoms with E-state index in [1.165, 1.54) is 0 Å². The Hall–Kier alpha value is -1.62. The molecule has 0 atom stereocenters. The van der Waals surface area contributed by atoms with Gasteiger partial charge in [0.25, 0.3) is 0 Å². The number of ether oxygens (including phenoxy) is 1. The van der Waals surface area contributed by atoms with Gasteiger partial charge in [0.05, 0.1) is 24.1 Å². The van der Waals surface area contributed by atoms with Gasteiger partial charge in [-0.3, -0.25) is 0 Å². The van der Waals surface area contributed by atoms with Crippen LogP contribution in [0.15, 0.2) is 17.8 Å². The molecular weight excluding hydrogens is 204 g/mol. The molecule has 84 valence electrons. The molecule has 1 aromatic heterocycles. The highest BCUT2D eigenvalue weighted by atomic mass is 16.5. The first-order valence-corrected chi connectivity index (χ1v) is 5.50. The molecule has 2 aliphatic heterocycles.